The molecule has 4 aromatic rings. The molecule has 1 amide bonds. The van der Waals surface area contributed by atoms with E-state index in [-0.39, 0.29) is 5.91 Å². The Kier molecular flexibility index (Phi) is 6.14. The molecule has 0 aliphatic carbocycles. The summed E-state index contributed by atoms with van der Waals surface area (Å²) in [6, 6.07) is 18.8. The van der Waals surface area contributed by atoms with Crippen LogP contribution in [-0.2, 0) is 6.42 Å². The zero-order valence-electron chi connectivity index (χ0n) is 17.4. The summed E-state index contributed by atoms with van der Waals surface area (Å²) < 4.78 is 5.39. The Balaban J connectivity index is 1.67. The van der Waals surface area contributed by atoms with Gasteiger partial charge in [-0.3, -0.25) is 9.78 Å². The highest BCUT2D eigenvalue weighted by Crippen LogP contribution is 2.29. The van der Waals surface area contributed by atoms with E-state index in [9.17, 15) is 4.79 Å². The van der Waals surface area contributed by atoms with Crippen LogP contribution in [0, 0.1) is 6.92 Å². The number of rotatable bonds is 6. The number of nitrogens with zero attached hydrogens (tertiary/aromatic N) is 2. The van der Waals surface area contributed by atoms with E-state index < -0.39 is 0 Å². The van der Waals surface area contributed by atoms with Crippen LogP contribution in [0.4, 0.5) is 0 Å². The van der Waals surface area contributed by atoms with Crippen LogP contribution in [0.3, 0.4) is 0 Å². The van der Waals surface area contributed by atoms with E-state index in [1.165, 1.54) is 0 Å². The summed E-state index contributed by atoms with van der Waals surface area (Å²) in [6.45, 7) is 2.39. The zero-order chi connectivity index (χ0) is 21.8. The standard InChI is InChI=1S/C25H22ClN3O2/c1-16-20(26)11-10-18-19(15-22(29-24(16)18)21-8-5-6-13-27-21)25(30)28-14-12-17-7-3-4-9-23(17)31-2/h3-11,13,15H,12,14H2,1-2H3,(H,28,30). The molecule has 0 aliphatic heterocycles. The first-order valence-corrected chi connectivity index (χ1v) is 10.4. The molecule has 31 heavy (non-hydrogen) atoms. The van der Waals surface area contributed by atoms with Crippen molar-refractivity contribution in [1.82, 2.24) is 15.3 Å². The second kappa shape index (κ2) is 9.14. The predicted octanol–water partition coefficient (Wildman–Crippen LogP) is 5.24. The third kappa shape index (κ3) is 4.37. The third-order valence-electron chi connectivity index (χ3n) is 5.21. The molecule has 156 valence electrons. The lowest BCUT2D eigenvalue weighted by molar-refractivity contribution is 0.0955. The number of aryl methyl sites for hydroxylation is 1. The van der Waals surface area contributed by atoms with Crippen LogP contribution in [-0.4, -0.2) is 29.5 Å². The average Bonchev–Trinajstić information content (AvgIpc) is 2.81. The van der Waals surface area contributed by atoms with Gasteiger partial charge in [0.15, 0.2) is 0 Å². The van der Waals surface area contributed by atoms with Crippen molar-refractivity contribution in [3.8, 4) is 17.1 Å². The van der Waals surface area contributed by atoms with Gasteiger partial charge >= 0.3 is 0 Å². The molecule has 0 unspecified atom stereocenters. The van der Waals surface area contributed by atoms with Crippen molar-refractivity contribution < 1.29 is 9.53 Å². The molecule has 1 N–H and O–H groups in total. The minimum absolute atomic E-state index is 0.166. The van der Waals surface area contributed by atoms with Gasteiger partial charge < -0.3 is 10.1 Å². The number of methoxy groups -OCH3 is 1. The predicted molar refractivity (Wildman–Crippen MR) is 124 cm³/mol. The quantitative estimate of drug-likeness (QED) is 0.453. The molecule has 0 aliphatic rings. The summed E-state index contributed by atoms with van der Waals surface area (Å²) in [6.07, 6.45) is 2.37. The molecule has 2 heterocycles. The lowest BCUT2D eigenvalue weighted by atomic mass is 10.0. The first kappa shape index (κ1) is 20.8. The molecule has 2 aromatic heterocycles. The number of hydrogen-bond donors (Lipinski definition) is 1. The highest BCUT2D eigenvalue weighted by Gasteiger charge is 2.17. The number of benzene rings is 2. The second-order valence-corrected chi connectivity index (χ2v) is 7.56. The Hall–Kier alpha value is -3.44. The molecule has 6 heteroatoms. The SMILES string of the molecule is COc1ccccc1CCNC(=O)c1cc(-c2ccccn2)nc2c(C)c(Cl)ccc12. The minimum atomic E-state index is -0.166. The number of fused-ring (bicyclic) bond motifs is 1. The molecule has 0 saturated carbocycles. The number of carbonyl (C=O) groups excluding carboxylic acids is 1. The van der Waals surface area contributed by atoms with Gasteiger partial charge in [-0.1, -0.05) is 41.9 Å². The number of carbonyl (C=O) groups is 1. The summed E-state index contributed by atoms with van der Waals surface area (Å²) in [5.41, 5.74) is 4.46. The minimum Gasteiger partial charge on any atom is -0.496 e. The van der Waals surface area contributed by atoms with Crippen LogP contribution in [0.25, 0.3) is 22.3 Å². The van der Waals surface area contributed by atoms with Crippen molar-refractivity contribution in [3.05, 3.63) is 88.6 Å². The number of nitrogens with one attached hydrogen (secondary N) is 1. The number of aromatic nitrogens is 2. The van der Waals surface area contributed by atoms with Crippen molar-refractivity contribution in [2.24, 2.45) is 0 Å². The summed E-state index contributed by atoms with van der Waals surface area (Å²) in [5, 5.41) is 4.40. The number of amides is 1. The van der Waals surface area contributed by atoms with Gasteiger partial charge in [0.25, 0.3) is 5.91 Å². The average molecular weight is 432 g/mol. The molecular formula is C25H22ClN3O2. The fourth-order valence-corrected chi connectivity index (χ4v) is 3.71. The summed E-state index contributed by atoms with van der Waals surface area (Å²) in [5.74, 6) is 0.648. The Labute approximate surface area is 186 Å². The summed E-state index contributed by atoms with van der Waals surface area (Å²) >= 11 is 6.33. The molecule has 0 fully saturated rings. The van der Waals surface area contributed by atoms with Crippen LogP contribution >= 0.6 is 11.6 Å². The van der Waals surface area contributed by atoms with Crippen LogP contribution in [0.5, 0.6) is 5.75 Å². The van der Waals surface area contributed by atoms with Crippen molar-refractivity contribution in [3.63, 3.8) is 0 Å². The Bertz CT molecular complexity index is 1240. The van der Waals surface area contributed by atoms with Crippen molar-refractivity contribution in [2.45, 2.75) is 13.3 Å². The normalized spacial score (nSPS) is 10.8. The summed E-state index contributed by atoms with van der Waals surface area (Å²) in [7, 11) is 1.65. The van der Waals surface area contributed by atoms with Gasteiger partial charge in [-0.15, -0.1) is 0 Å². The number of hydrogen-bond acceptors (Lipinski definition) is 4. The fraction of sp³-hybridized carbons (Fsp3) is 0.160. The maximum absolute atomic E-state index is 13.2. The summed E-state index contributed by atoms with van der Waals surface area (Å²) in [4.78, 5) is 22.3. The number of ether oxygens (including phenoxy) is 1. The van der Waals surface area contributed by atoms with Gasteiger partial charge in [-0.05, 0) is 54.8 Å². The molecule has 0 saturated heterocycles. The van der Waals surface area contributed by atoms with Crippen LogP contribution < -0.4 is 10.1 Å². The number of para-hydroxylation sites is 1. The molecule has 0 bridgehead atoms. The Morgan fingerprint density at radius 2 is 1.87 bits per heavy atom. The molecule has 0 radical (unpaired) electrons. The van der Waals surface area contributed by atoms with E-state index in [4.69, 9.17) is 21.3 Å². The molecule has 2 aromatic carbocycles. The Morgan fingerprint density at radius 3 is 2.65 bits per heavy atom. The van der Waals surface area contributed by atoms with E-state index in [0.717, 1.165) is 22.3 Å². The monoisotopic (exact) mass is 431 g/mol. The first-order chi connectivity index (χ1) is 15.1. The van der Waals surface area contributed by atoms with Crippen molar-refractivity contribution in [2.75, 3.05) is 13.7 Å². The van der Waals surface area contributed by atoms with Gasteiger partial charge in [-0.25, -0.2) is 4.98 Å². The van der Waals surface area contributed by atoms with Crippen LogP contribution in [0.1, 0.15) is 21.5 Å². The zero-order valence-corrected chi connectivity index (χ0v) is 18.1. The van der Waals surface area contributed by atoms with Crippen molar-refractivity contribution in [1.29, 1.82) is 0 Å². The Morgan fingerprint density at radius 1 is 1.06 bits per heavy atom. The maximum atomic E-state index is 13.2. The van der Waals surface area contributed by atoms with E-state index >= 15 is 0 Å². The van der Waals surface area contributed by atoms with Gasteiger partial charge in [0, 0.05) is 23.2 Å². The largest absolute Gasteiger partial charge is 0.496 e. The number of pyridine rings is 2. The molecule has 4 rings (SSSR count). The topological polar surface area (TPSA) is 64.1 Å². The van der Waals surface area contributed by atoms with Gasteiger partial charge in [0.1, 0.15) is 5.75 Å². The van der Waals surface area contributed by atoms with E-state index in [1.54, 1.807) is 25.4 Å². The first-order valence-electron chi connectivity index (χ1n) is 10.00. The second-order valence-electron chi connectivity index (χ2n) is 7.16. The third-order valence-corrected chi connectivity index (χ3v) is 5.62. The van der Waals surface area contributed by atoms with Crippen LogP contribution in [0.2, 0.25) is 5.02 Å². The molecule has 0 spiro atoms. The number of halogens is 1. The molecule has 0 atom stereocenters. The maximum Gasteiger partial charge on any atom is 0.252 e. The lowest BCUT2D eigenvalue weighted by Gasteiger charge is -2.13. The van der Waals surface area contributed by atoms with Gasteiger partial charge in [-0.2, -0.15) is 0 Å². The van der Waals surface area contributed by atoms with E-state index in [0.29, 0.717) is 40.5 Å². The van der Waals surface area contributed by atoms with Crippen LogP contribution in [0.15, 0.2) is 66.9 Å². The van der Waals surface area contributed by atoms with E-state index in [1.807, 2.05) is 55.5 Å². The van der Waals surface area contributed by atoms with Gasteiger partial charge in [0.05, 0.1) is 29.6 Å². The lowest BCUT2D eigenvalue weighted by Crippen LogP contribution is -2.26. The van der Waals surface area contributed by atoms with Crippen molar-refractivity contribution >= 4 is 28.4 Å². The van der Waals surface area contributed by atoms with E-state index in [2.05, 4.69) is 10.3 Å². The molecular weight excluding hydrogens is 410 g/mol. The van der Waals surface area contributed by atoms with Gasteiger partial charge in [0.2, 0.25) is 0 Å². The fourth-order valence-electron chi connectivity index (χ4n) is 3.55. The smallest absolute Gasteiger partial charge is 0.252 e. The highest BCUT2D eigenvalue weighted by molar-refractivity contribution is 6.32. The highest BCUT2D eigenvalue weighted by atomic mass is 35.5. The molecule has 5 nitrogen and oxygen atoms in total.